The third-order valence-electron chi connectivity index (χ3n) is 8.72. The van der Waals surface area contributed by atoms with Crippen LogP contribution in [0.3, 0.4) is 0 Å². The Morgan fingerprint density at radius 3 is 2.78 bits per heavy atom. The van der Waals surface area contributed by atoms with Gasteiger partial charge in [0.1, 0.15) is 0 Å². The zero-order chi connectivity index (χ0) is 25.5. The first-order valence-electron chi connectivity index (χ1n) is 13.9. The second kappa shape index (κ2) is 10.3. The summed E-state index contributed by atoms with van der Waals surface area (Å²) in [5.41, 5.74) is 7.65. The molecule has 0 radical (unpaired) electrons. The molecule has 1 amide bonds. The summed E-state index contributed by atoms with van der Waals surface area (Å²) in [5, 5.41) is 0.688. The van der Waals surface area contributed by atoms with Crippen LogP contribution in [0.5, 0.6) is 0 Å². The minimum absolute atomic E-state index is 0.00747. The summed E-state index contributed by atoms with van der Waals surface area (Å²) in [4.78, 5) is 25.4. The highest BCUT2D eigenvalue weighted by Crippen LogP contribution is 2.37. The van der Waals surface area contributed by atoms with E-state index in [2.05, 4.69) is 54.2 Å². The van der Waals surface area contributed by atoms with Crippen LogP contribution in [0.25, 0.3) is 0 Å². The molecule has 5 aliphatic heterocycles. The van der Waals surface area contributed by atoms with Crippen molar-refractivity contribution < 1.29 is 4.79 Å². The van der Waals surface area contributed by atoms with Crippen LogP contribution in [0.4, 0.5) is 0 Å². The summed E-state index contributed by atoms with van der Waals surface area (Å²) in [6.07, 6.45) is 22.1. The lowest BCUT2D eigenvalue weighted by atomic mass is 9.86. The maximum atomic E-state index is 13.7. The van der Waals surface area contributed by atoms with Gasteiger partial charge in [0.15, 0.2) is 0 Å². The molecule has 2 atom stereocenters. The van der Waals surface area contributed by atoms with Crippen LogP contribution >= 0.6 is 11.6 Å². The van der Waals surface area contributed by atoms with Gasteiger partial charge in [-0.1, -0.05) is 30.7 Å². The van der Waals surface area contributed by atoms with Gasteiger partial charge in [0.25, 0.3) is 5.91 Å². The van der Waals surface area contributed by atoms with Crippen molar-refractivity contribution in [3.63, 3.8) is 0 Å². The summed E-state index contributed by atoms with van der Waals surface area (Å²) in [5.74, 6) is 0.220. The smallest absolute Gasteiger partial charge is 0.255 e. The van der Waals surface area contributed by atoms with Gasteiger partial charge in [0, 0.05) is 49.4 Å². The lowest BCUT2D eigenvalue weighted by Crippen LogP contribution is -2.49. The van der Waals surface area contributed by atoms with Crippen molar-refractivity contribution in [2.24, 2.45) is 10.9 Å². The molecule has 6 heteroatoms. The average molecular weight is 517 g/mol. The van der Waals surface area contributed by atoms with E-state index in [4.69, 9.17) is 16.6 Å². The second-order valence-electron chi connectivity index (χ2n) is 11.2. The van der Waals surface area contributed by atoms with Gasteiger partial charge in [-0.15, -0.1) is 0 Å². The largest absolute Gasteiger partial charge is 0.367 e. The Hall–Kier alpha value is -2.63. The molecule has 0 aromatic rings. The SMILES string of the molecule is CC1=NC2=C(CCC=C(/C3=C/C(=O)N4C=C(N5CCN6CCCC6C5)C=CC4=CCC3C)C=C2Cl)CC1. The number of allylic oxidation sites excluding steroid dienone is 9. The fourth-order valence-corrected chi connectivity index (χ4v) is 6.81. The lowest BCUT2D eigenvalue weighted by molar-refractivity contribution is -0.122. The standard InChI is InChI=1S/C31H37ClN4O/c1-21-8-11-25-12-13-27(35-16-15-34-14-4-7-26(34)19-35)20-36(25)30(37)18-28(21)24-6-3-5-23-10-9-22(2)33-31(23)29(32)17-24/h6,11-13,17-18,20-21,26H,3-5,7-10,14-16,19H2,1-2H3/b24-6?,25-11?,28-18+,29-17?. The van der Waals surface area contributed by atoms with Gasteiger partial charge in [0.05, 0.1) is 16.4 Å². The molecule has 0 aromatic carbocycles. The van der Waals surface area contributed by atoms with Crippen LogP contribution in [0, 0.1) is 5.92 Å². The fourth-order valence-electron chi connectivity index (χ4n) is 6.52. The van der Waals surface area contributed by atoms with Crippen LogP contribution in [-0.2, 0) is 4.79 Å². The zero-order valence-electron chi connectivity index (χ0n) is 22.0. The highest BCUT2D eigenvalue weighted by molar-refractivity contribution is 6.32. The number of piperazine rings is 1. The molecule has 2 fully saturated rings. The molecule has 5 heterocycles. The van der Waals surface area contributed by atoms with Gasteiger partial charge in [-0.05, 0) is 99.3 Å². The molecule has 2 unspecified atom stereocenters. The Morgan fingerprint density at radius 1 is 1.03 bits per heavy atom. The second-order valence-corrected chi connectivity index (χ2v) is 11.6. The number of rotatable bonds is 2. The topological polar surface area (TPSA) is 39.2 Å². The molecule has 1 aliphatic carbocycles. The Bertz CT molecular complexity index is 1240. The van der Waals surface area contributed by atoms with E-state index in [-0.39, 0.29) is 11.8 Å². The van der Waals surface area contributed by atoms with Crippen molar-refractivity contribution in [2.45, 2.75) is 64.8 Å². The van der Waals surface area contributed by atoms with Crippen LogP contribution in [0.1, 0.15) is 58.8 Å². The third kappa shape index (κ3) is 4.96. The first kappa shape index (κ1) is 24.7. The Balaban J connectivity index is 1.28. The first-order valence-corrected chi connectivity index (χ1v) is 14.3. The van der Waals surface area contributed by atoms with Crippen molar-refractivity contribution in [3.05, 3.63) is 81.5 Å². The fraction of sp³-hybridized carbons (Fsp3) is 0.484. The number of hydrogen-bond acceptors (Lipinski definition) is 4. The first-order chi connectivity index (χ1) is 18.0. The van der Waals surface area contributed by atoms with Crippen molar-refractivity contribution in [3.8, 4) is 0 Å². The molecule has 0 bridgehead atoms. The molecular formula is C31H37ClN4O. The minimum Gasteiger partial charge on any atom is -0.367 e. The predicted octanol–water partition coefficient (Wildman–Crippen LogP) is 6.21. The summed E-state index contributed by atoms with van der Waals surface area (Å²) in [7, 11) is 0. The summed E-state index contributed by atoms with van der Waals surface area (Å²) in [6.45, 7) is 8.68. The van der Waals surface area contributed by atoms with Crippen molar-refractivity contribution in [2.75, 3.05) is 26.2 Å². The lowest BCUT2D eigenvalue weighted by Gasteiger charge is -2.40. The number of nitrogens with zero attached hydrogens (tertiary/aromatic N) is 4. The van der Waals surface area contributed by atoms with Crippen molar-refractivity contribution in [1.29, 1.82) is 0 Å². The van der Waals surface area contributed by atoms with Gasteiger partial charge < -0.3 is 4.90 Å². The molecule has 5 nitrogen and oxygen atoms in total. The average Bonchev–Trinajstić information content (AvgIpc) is 3.37. The van der Waals surface area contributed by atoms with Gasteiger partial charge in [-0.2, -0.15) is 0 Å². The zero-order valence-corrected chi connectivity index (χ0v) is 22.8. The molecule has 194 valence electrons. The van der Waals surface area contributed by atoms with Gasteiger partial charge in [0.2, 0.25) is 0 Å². The van der Waals surface area contributed by atoms with E-state index in [0.29, 0.717) is 11.1 Å². The Labute approximate surface area is 225 Å². The van der Waals surface area contributed by atoms with E-state index in [0.717, 1.165) is 85.7 Å². The van der Waals surface area contributed by atoms with E-state index in [1.54, 1.807) is 0 Å². The molecular weight excluding hydrogens is 480 g/mol. The molecule has 2 saturated heterocycles. The van der Waals surface area contributed by atoms with Crippen molar-refractivity contribution in [1.82, 2.24) is 14.7 Å². The molecule has 37 heavy (non-hydrogen) atoms. The Kier molecular flexibility index (Phi) is 6.85. The molecule has 6 rings (SSSR count). The number of halogens is 1. The molecule has 0 saturated carbocycles. The van der Waals surface area contributed by atoms with Crippen molar-refractivity contribution >= 4 is 23.2 Å². The number of hydrogen-bond donors (Lipinski definition) is 0. The monoisotopic (exact) mass is 516 g/mol. The maximum Gasteiger partial charge on any atom is 0.255 e. The summed E-state index contributed by atoms with van der Waals surface area (Å²) < 4.78 is 0. The number of fused-ring (bicyclic) bond motifs is 2. The predicted molar refractivity (Wildman–Crippen MR) is 151 cm³/mol. The quantitative estimate of drug-likeness (QED) is 0.438. The van der Waals surface area contributed by atoms with Gasteiger partial charge in [-0.3, -0.25) is 19.6 Å². The number of carbonyl (C=O) groups is 1. The van der Waals surface area contributed by atoms with Crippen LogP contribution < -0.4 is 0 Å². The number of carbonyl (C=O) groups excluding carboxylic acids is 1. The normalized spacial score (nSPS) is 30.3. The third-order valence-corrected chi connectivity index (χ3v) is 9.01. The number of aliphatic imine (C=N–C) groups is 1. The highest BCUT2D eigenvalue weighted by Gasteiger charge is 2.32. The summed E-state index contributed by atoms with van der Waals surface area (Å²) >= 11 is 6.85. The summed E-state index contributed by atoms with van der Waals surface area (Å²) in [6, 6.07) is 0.645. The maximum absolute atomic E-state index is 13.7. The van der Waals surface area contributed by atoms with Crippen LogP contribution in [-0.4, -0.2) is 58.5 Å². The van der Waals surface area contributed by atoms with E-state index in [1.165, 1.54) is 25.0 Å². The molecule has 0 spiro atoms. The van der Waals surface area contributed by atoms with E-state index in [1.807, 2.05) is 17.1 Å². The van der Waals surface area contributed by atoms with E-state index < -0.39 is 0 Å². The van der Waals surface area contributed by atoms with Gasteiger partial charge in [-0.25, -0.2) is 0 Å². The van der Waals surface area contributed by atoms with Crippen LogP contribution in [0.2, 0.25) is 0 Å². The molecule has 0 N–H and O–H groups in total. The van der Waals surface area contributed by atoms with Gasteiger partial charge >= 0.3 is 0 Å². The molecule has 6 aliphatic rings. The molecule has 0 aromatic heterocycles. The van der Waals surface area contributed by atoms with E-state index in [9.17, 15) is 4.79 Å². The minimum atomic E-state index is 0.00747. The van der Waals surface area contributed by atoms with E-state index >= 15 is 0 Å². The van der Waals surface area contributed by atoms with Crippen LogP contribution in [0.15, 0.2) is 86.5 Å². The highest BCUT2D eigenvalue weighted by atomic mass is 35.5. The number of amides is 1. The Morgan fingerprint density at radius 2 is 1.89 bits per heavy atom.